The van der Waals surface area contributed by atoms with Crippen molar-refractivity contribution in [1.82, 2.24) is 10.3 Å². The molecule has 7 heteroatoms. The number of nitrogens with one attached hydrogen (secondary N) is 2. The van der Waals surface area contributed by atoms with E-state index in [-0.39, 0.29) is 18.2 Å². The second kappa shape index (κ2) is 15.8. The summed E-state index contributed by atoms with van der Waals surface area (Å²) in [5.74, 6) is 1.86. The molecule has 0 aliphatic rings. The molecule has 0 fully saturated rings. The molecule has 0 radical (unpaired) electrons. The average molecular weight is 451 g/mol. The number of terminal acetylenes is 1. The number of allylic oxidation sites excluding steroid dienone is 3. The van der Waals surface area contributed by atoms with Gasteiger partial charge in [0.15, 0.2) is 11.6 Å². The van der Waals surface area contributed by atoms with Crippen LogP contribution in [0, 0.1) is 18.2 Å². The van der Waals surface area contributed by atoms with Gasteiger partial charge in [0.1, 0.15) is 5.75 Å². The van der Waals surface area contributed by atoms with Crippen molar-refractivity contribution >= 4 is 17.7 Å². The molecule has 1 amide bonds. The predicted octanol–water partition coefficient (Wildman–Crippen LogP) is 5.02. The molecule has 2 aromatic rings. The molecule has 1 aromatic heterocycles. The zero-order valence-electron chi connectivity index (χ0n) is 19.3. The van der Waals surface area contributed by atoms with Gasteiger partial charge in [-0.15, -0.1) is 12.3 Å². The summed E-state index contributed by atoms with van der Waals surface area (Å²) in [7, 11) is 0. The van der Waals surface area contributed by atoms with Crippen molar-refractivity contribution in [3.8, 4) is 23.8 Å². The van der Waals surface area contributed by atoms with E-state index in [1.165, 1.54) is 23.9 Å². The molecule has 0 aliphatic heterocycles. The van der Waals surface area contributed by atoms with E-state index in [0.29, 0.717) is 23.5 Å². The highest BCUT2D eigenvalue weighted by molar-refractivity contribution is 5.92. The largest absolute Gasteiger partial charge is 0.454 e. The van der Waals surface area contributed by atoms with Crippen LogP contribution in [0.1, 0.15) is 32.8 Å². The first-order valence-electron chi connectivity index (χ1n) is 10.4. The fraction of sp³-hybridized carbons (Fsp3) is 0.231. The van der Waals surface area contributed by atoms with E-state index in [1.807, 2.05) is 32.1 Å². The van der Waals surface area contributed by atoms with Gasteiger partial charge in [0, 0.05) is 29.7 Å². The van der Waals surface area contributed by atoms with Crippen LogP contribution >= 0.6 is 0 Å². The maximum absolute atomic E-state index is 14.4. The van der Waals surface area contributed by atoms with E-state index in [0.717, 1.165) is 6.42 Å². The Labute approximate surface area is 195 Å². The number of pyridine rings is 1. The van der Waals surface area contributed by atoms with E-state index in [1.54, 1.807) is 37.5 Å². The summed E-state index contributed by atoms with van der Waals surface area (Å²) >= 11 is 0. The number of aromatic nitrogens is 1. The molecular weight excluding hydrogens is 419 g/mol. The highest BCUT2D eigenvalue weighted by atomic mass is 19.1. The number of rotatable bonds is 10. The van der Waals surface area contributed by atoms with Gasteiger partial charge in [-0.3, -0.25) is 9.78 Å². The van der Waals surface area contributed by atoms with E-state index in [9.17, 15) is 9.18 Å². The van der Waals surface area contributed by atoms with Gasteiger partial charge in [-0.05, 0) is 64.2 Å². The van der Waals surface area contributed by atoms with Crippen LogP contribution in [0.4, 0.5) is 10.1 Å². The molecular formula is C26H31FN4O2. The van der Waals surface area contributed by atoms with Gasteiger partial charge in [-0.25, -0.2) is 4.39 Å². The van der Waals surface area contributed by atoms with Crippen molar-refractivity contribution in [2.24, 2.45) is 5.73 Å². The number of carbonyl (C=O) groups excluding carboxylic acids is 1. The number of carbonyl (C=O) groups is 1. The Morgan fingerprint density at radius 3 is 2.70 bits per heavy atom. The summed E-state index contributed by atoms with van der Waals surface area (Å²) in [5.41, 5.74) is 7.58. The molecule has 0 aliphatic carbocycles. The second-order valence-electron chi connectivity index (χ2n) is 6.65. The highest BCUT2D eigenvalue weighted by Gasteiger charge is 2.10. The van der Waals surface area contributed by atoms with E-state index in [4.69, 9.17) is 10.5 Å². The summed E-state index contributed by atoms with van der Waals surface area (Å²) in [6, 6.07) is 5.88. The van der Waals surface area contributed by atoms with Crippen LogP contribution in [0.5, 0.6) is 11.5 Å². The molecule has 0 bridgehead atoms. The van der Waals surface area contributed by atoms with E-state index >= 15 is 0 Å². The summed E-state index contributed by atoms with van der Waals surface area (Å²) in [6.07, 6.45) is 17.5. The molecule has 0 atom stereocenters. The number of hydrogen-bond acceptors (Lipinski definition) is 5. The molecule has 174 valence electrons. The lowest BCUT2D eigenvalue weighted by Gasteiger charge is -2.11. The van der Waals surface area contributed by atoms with Gasteiger partial charge in [0.05, 0.1) is 6.54 Å². The Balaban J connectivity index is 0.00000172. The zero-order chi connectivity index (χ0) is 24.5. The maximum Gasteiger partial charge on any atom is 0.238 e. The molecule has 0 saturated heterocycles. The Morgan fingerprint density at radius 2 is 2.06 bits per heavy atom. The van der Waals surface area contributed by atoms with Crippen LogP contribution in [0.2, 0.25) is 0 Å². The normalized spacial score (nSPS) is 11.1. The van der Waals surface area contributed by atoms with E-state index in [2.05, 4.69) is 28.0 Å². The molecule has 33 heavy (non-hydrogen) atoms. The smallest absolute Gasteiger partial charge is 0.238 e. The fourth-order valence-electron chi connectivity index (χ4n) is 2.67. The minimum atomic E-state index is -0.593. The van der Waals surface area contributed by atoms with Crippen LogP contribution in [0.3, 0.4) is 0 Å². The van der Waals surface area contributed by atoms with Crippen molar-refractivity contribution in [2.75, 3.05) is 18.4 Å². The lowest BCUT2D eigenvalue weighted by molar-refractivity contribution is -0.115. The lowest BCUT2D eigenvalue weighted by Crippen LogP contribution is -2.28. The van der Waals surface area contributed by atoms with Crippen LogP contribution < -0.4 is 21.1 Å². The number of hydrogen-bond donors (Lipinski definition) is 3. The number of ether oxygens (including phenoxy) is 1. The quantitative estimate of drug-likeness (QED) is 0.269. The first-order chi connectivity index (χ1) is 16.0. The summed E-state index contributed by atoms with van der Waals surface area (Å²) in [4.78, 5) is 16.1. The molecule has 0 saturated carbocycles. The van der Waals surface area contributed by atoms with Crippen molar-refractivity contribution in [3.05, 3.63) is 78.0 Å². The van der Waals surface area contributed by atoms with Gasteiger partial charge >= 0.3 is 0 Å². The Morgan fingerprint density at radius 1 is 1.30 bits per heavy atom. The van der Waals surface area contributed by atoms with Crippen LogP contribution in [0.25, 0.3) is 6.08 Å². The third-order valence-electron chi connectivity index (χ3n) is 4.15. The van der Waals surface area contributed by atoms with Gasteiger partial charge in [0.2, 0.25) is 5.91 Å². The first kappa shape index (κ1) is 27.1. The molecule has 2 rings (SSSR count). The third kappa shape index (κ3) is 10.3. The van der Waals surface area contributed by atoms with Gasteiger partial charge in [-0.2, -0.15) is 0 Å². The second-order valence-corrected chi connectivity index (χ2v) is 6.65. The molecule has 1 aromatic carbocycles. The summed E-state index contributed by atoms with van der Waals surface area (Å²) in [6.45, 7) is 6.41. The first-order valence-corrected chi connectivity index (χ1v) is 10.4. The topological polar surface area (TPSA) is 89.3 Å². The Kier molecular flexibility index (Phi) is 13.0. The van der Waals surface area contributed by atoms with Crippen molar-refractivity contribution < 1.29 is 13.9 Å². The number of nitrogens with two attached hydrogens (primary N) is 1. The number of nitrogens with zero attached hydrogens (tertiary/aromatic N) is 1. The minimum Gasteiger partial charge on any atom is -0.454 e. The summed E-state index contributed by atoms with van der Waals surface area (Å²) in [5, 5.41) is 5.75. The molecule has 6 nitrogen and oxygen atoms in total. The number of halogens is 1. The molecule has 4 N–H and O–H groups in total. The maximum atomic E-state index is 14.4. The number of benzene rings is 1. The van der Waals surface area contributed by atoms with Gasteiger partial charge in [-0.1, -0.05) is 23.8 Å². The monoisotopic (exact) mass is 450 g/mol. The van der Waals surface area contributed by atoms with Crippen molar-refractivity contribution in [2.45, 2.75) is 27.2 Å². The van der Waals surface area contributed by atoms with Crippen LogP contribution in [-0.2, 0) is 4.79 Å². The standard InChI is InChI=1S/C23H27FN4O2.C3H4/c1-3-5-17(4-2)9-12-27-16-23(29)28-19-6-7-22(20(24)14-19)30-21-10-13-26-15-18(21)8-11-25;1-3-2/h3-8,10-11,13-15,27H,9,12,16,25H2,1-2H3,(H,28,29);1H,2H3/b5-3-,11-8-,17-4+;. The molecule has 1 heterocycles. The molecule has 0 spiro atoms. The highest BCUT2D eigenvalue weighted by Crippen LogP contribution is 2.29. The summed E-state index contributed by atoms with van der Waals surface area (Å²) < 4.78 is 20.1. The number of amides is 1. The Hall–Kier alpha value is -3.89. The van der Waals surface area contributed by atoms with E-state index < -0.39 is 5.82 Å². The Bertz CT molecular complexity index is 1020. The van der Waals surface area contributed by atoms with Gasteiger partial charge < -0.3 is 21.1 Å². The van der Waals surface area contributed by atoms with Gasteiger partial charge in [0.25, 0.3) is 0 Å². The average Bonchev–Trinajstić information content (AvgIpc) is 2.79. The van der Waals surface area contributed by atoms with Crippen LogP contribution in [-0.4, -0.2) is 24.0 Å². The fourth-order valence-corrected chi connectivity index (χ4v) is 2.67. The minimum absolute atomic E-state index is 0.0341. The SMILES string of the molecule is C#CC.C/C=C\C(=C/C)CCNCC(=O)Nc1ccc(Oc2ccncc2/C=C\N)c(F)c1. The van der Waals surface area contributed by atoms with Crippen molar-refractivity contribution in [3.63, 3.8) is 0 Å². The predicted molar refractivity (Wildman–Crippen MR) is 133 cm³/mol. The molecule has 0 unspecified atom stereocenters. The lowest BCUT2D eigenvalue weighted by atomic mass is 10.1. The van der Waals surface area contributed by atoms with Crippen molar-refractivity contribution in [1.29, 1.82) is 0 Å². The van der Waals surface area contributed by atoms with Crippen LogP contribution in [0.15, 0.2) is 66.7 Å². The third-order valence-corrected chi connectivity index (χ3v) is 4.15. The zero-order valence-corrected chi connectivity index (χ0v) is 19.3. The number of anilines is 1.